The number of alkyl halides is 1. The Bertz CT molecular complexity index is 2160. The SMILES string of the molecule is C[C@H]1NC(=O)N[C@H]1CCCCCC(=O)NCCCCC(NC(=O)C(CCCNC(N)=O)NC(=O)C(Cc1c[nH]c2ccccc12)NC(=O)[C@@H]1CCCCN1C(=O)C(CCC(=O)O)NC(=O)CCl)C(N)=O. The number of rotatable bonds is 30. The third-order valence-electron chi connectivity index (χ3n) is 12.4. The molecule has 0 radical (unpaired) electrons. The molecular formula is C46H69ClN12O11. The van der Waals surface area contributed by atoms with Crippen LogP contribution in [0.4, 0.5) is 9.59 Å². The van der Waals surface area contributed by atoms with Crippen LogP contribution in [-0.4, -0.2) is 142 Å². The van der Waals surface area contributed by atoms with Crippen LogP contribution in [0, 0.1) is 0 Å². The number of benzene rings is 1. The number of nitrogens with zero attached hydrogens (tertiary/aromatic N) is 1. The Hall–Kier alpha value is -6.65. The van der Waals surface area contributed by atoms with E-state index in [-0.39, 0.29) is 75.6 Å². The maximum atomic E-state index is 14.5. The molecule has 1 aromatic heterocycles. The summed E-state index contributed by atoms with van der Waals surface area (Å²) in [6.45, 7) is 2.42. The van der Waals surface area contributed by atoms with Gasteiger partial charge in [-0.05, 0) is 89.2 Å². The summed E-state index contributed by atoms with van der Waals surface area (Å²) in [5.74, 6) is -6.27. The monoisotopic (exact) mass is 1000 g/mol. The van der Waals surface area contributed by atoms with Crippen molar-refractivity contribution in [1.82, 2.24) is 52.4 Å². The number of hydrogen-bond donors (Lipinski definition) is 12. The Morgan fingerprint density at radius 2 is 1.49 bits per heavy atom. The molecule has 0 aliphatic carbocycles. The zero-order chi connectivity index (χ0) is 51.2. The Labute approximate surface area is 411 Å². The maximum absolute atomic E-state index is 14.5. The molecule has 0 spiro atoms. The van der Waals surface area contributed by atoms with Crippen LogP contribution < -0.4 is 54.0 Å². The number of aromatic amines is 1. The van der Waals surface area contributed by atoms with Crippen molar-refractivity contribution >= 4 is 81.9 Å². The van der Waals surface area contributed by atoms with E-state index < -0.39 is 90.0 Å². The van der Waals surface area contributed by atoms with Gasteiger partial charge in [-0.3, -0.25) is 38.4 Å². The predicted molar refractivity (Wildman–Crippen MR) is 258 cm³/mol. The van der Waals surface area contributed by atoms with Crippen LogP contribution in [0.5, 0.6) is 0 Å². The van der Waals surface area contributed by atoms with E-state index in [1.54, 1.807) is 12.3 Å². The van der Waals surface area contributed by atoms with Gasteiger partial charge in [-0.1, -0.05) is 31.0 Å². The third kappa shape index (κ3) is 18.3. The van der Waals surface area contributed by atoms with E-state index in [9.17, 15) is 53.1 Å². The van der Waals surface area contributed by atoms with E-state index in [0.717, 1.165) is 30.2 Å². The average Bonchev–Trinajstić information content (AvgIpc) is 3.89. The summed E-state index contributed by atoms with van der Waals surface area (Å²) in [6.07, 6.45) is 6.76. The molecule has 4 rings (SSSR count). The van der Waals surface area contributed by atoms with E-state index in [1.165, 1.54) is 4.90 Å². The molecule has 2 aliphatic heterocycles. The number of amides is 11. The fourth-order valence-corrected chi connectivity index (χ4v) is 8.70. The van der Waals surface area contributed by atoms with Gasteiger partial charge in [-0.15, -0.1) is 11.6 Å². The topological polar surface area (TPSA) is 358 Å². The lowest BCUT2D eigenvalue weighted by atomic mass is 9.97. The van der Waals surface area contributed by atoms with Crippen molar-refractivity contribution in [2.24, 2.45) is 11.5 Å². The summed E-state index contributed by atoms with van der Waals surface area (Å²) in [7, 11) is 0. The molecule has 2 fully saturated rings. The van der Waals surface area contributed by atoms with Gasteiger partial charge < -0.3 is 69.0 Å². The highest BCUT2D eigenvalue weighted by Crippen LogP contribution is 2.22. The van der Waals surface area contributed by atoms with Gasteiger partial charge in [0.25, 0.3) is 0 Å². The van der Waals surface area contributed by atoms with Gasteiger partial charge in [0, 0.05) is 62.0 Å². The molecule has 2 aliphatic rings. The average molecular weight is 1000 g/mol. The van der Waals surface area contributed by atoms with Crippen molar-refractivity contribution in [2.45, 2.75) is 152 Å². The van der Waals surface area contributed by atoms with Crippen LogP contribution in [0.2, 0.25) is 0 Å². The molecule has 3 heterocycles. The van der Waals surface area contributed by atoms with Gasteiger partial charge in [0.05, 0.1) is 6.04 Å². The number of carbonyl (C=O) groups is 10. The molecule has 23 nitrogen and oxygen atoms in total. The number of hydrogen-bond acceptors (Lipinski definition) is 10. The highest BCUT2D eigenvalue weighted by Gasteiger charge is 2.38. The Balaban J connectivity index is 1.43. The number of halogens is 1. The molecule has 1 aromatic carbocycles. The van der Waals surface area contributed by atoms with Crippen LogP contribution in [0.15, 0.2) is 30.5 Å². The van der Waals surface area contributed by atoms with Crippen molar-refractivity contribution in [1.29, 1.82) is 0 Å². The zero-order valence-electron chi connectivity index (χ0n) is 39.6. The first kappa shape index (κ1) is 55.9. The normalized spacial score (nSPS) is 18.2. The van der Waals surface area contributed by atoms with Gasteiger partial charge >= 0.3 is 18.0 Å². The van der Waals surface area contributed by atoms with Gasteiger partial charge in [-0.25, -0.2) is 9.59 Å². The number of primary amides is 2. The van der Waals surface area contributed by atoms with Crippen LogP contribution in [-0.2, 0) is 44.8 Å². The number of carboxylic acid groups (broad SMARTS) is 1. The molecular weight excluding hydrogens is 932 g/mol. The highest BCUT2D eigenvalue weighted by atomic mass is 35.5. The summed E-state index contributed by atoms with van der Waals surface area (Å²) in [6, 6.07) is 0.226. The lowest BCUT2D eigenvalue weighted by Gasteiger charge is -2.37. The number of fused-ring (bicyclic) bond motifs is 1. The van der Waals surface area contributed by atoms with Gasteiger partial charge in [0.15, 0.2) is 0 Å². The lowest BCUT2D eigenvalue weighted by Crippen LogP contribution is -2.61. The van der Waals surface area contributed by atoms with Crippen LogP contribution in [0.3, 0.4) is 0 Å². The number of nitrogens with one attached hydrogen (secondary N) is 9. The third-order valence-corrected chi connectivity index (χ3v) is 12.7. The van der Waals surface area contributed by atoms with E-state index in [2.05, 4.69) is 47.5 Å². The number of H-pyrrole nitrogens is 1. The Morgan fingerprint density at radius 3 is 2.19 bits per heavy atom. The molecule has 70 heavy (non-hydrogen) atoms. The minimum absolute atomic E-state index is 0.0386. The standard InChI is InChI=1S/C46H69ClN12O11/c1-27-30(58-46(70)53-27)13-3-2-4-18-37(60)50-21-9-7-15-32(40(48)64)55-41(65)33(16-11-22-51-45(49)69)56-42(66)35(24-28-26-52-31-14-6-5-12-29(28)31)57-43(67)36-17-8-10-23-59(36)44(68)34(19-20-39(62)63)54-38(61)25-47/h5-6,12,14,26-27,30,32-36,52H,2-4,7-11,13,15-25H2,1H3,(H2,48,64)(H,50,60)(H,54,61)(H,55,65)(H,56,66)(H,57,67)(H,62,63)(H3,49,51,69)(H2,53,58,70)/t27-,30+,32?,33?,34?,35?,36+/m1/s1. The quantitative estimate of drug-likeness (QED) is 0.0375. The zero-order valence-corrected chi connectivity index (χ0v) is 40.3. The number of para-hydroxylation sites is 1. The molecule has 11 amide bonds. The van der Waals surface area contributed by atoms with Crippen molar-refractivity contribution in [3.63, 3.8) is 0 Å². The minimum atomic E-state index is -1.34. The van der Waals surface area contributed by atoms with Crippen LogP contribution in [0.1, 0.15) is 109 Å². The first-order valence-electron chi connectivity index (χ1n) is 24.0. The molecule has 7 atom stereocenters. The Morgan fingerprint density at radius 1 is 0.771 bits per heavy atom. The minimum Gasteiger partial charge on any atom is -0.481 e. The first-order chi connectivity index (χ1) is 33.5. The van der Waals surface area contributed by atoms with E-state index in [0.29, 0.717) is 50.6 Å². The summed E-state index contributed by atoms with van der Waals surface area (Å²) in [4.78, 5) is 133. The lowest BCUT2D eigenvalue weighted by molar-refractivity contribution is -0.146. The summed E-state index contributed by atoms with van der Waals surface area (Å²) < 4.78 is 0. The number of piperidine rings is 1. The molecule has 2 aromatic rings. The smallest absolute Gasteiger partial charge is 0.315 e. The van der Waals surface area contributed by atoms with Crippen molar-refractivity contribution < 1.29 is 53.1 Å². The molecule has 2 saturated heterocycles. The molecule has 24 heteroatoms. The summed E-state index contributed by atoms with van der Waals surface area (Å²) in [5, 5.41) is 31.7. The number of carbonyl (C=O) groups excluding carboxylic acids is 9. The maximum Gasteiger partial charge on any atom is 0.315 e. The van der Waals surface area contributed by atoms with Gasteiger partial charge in [-0.2, -0.15) is 0 Å². The molecule has 14 N–H and O–H groups in total. The number of unbranched alkanes of at least 4 members (excludes halogenated alkanes) is 3. The van der Waals surface area contributed by atoms with Gasteiger partial charge in [0.1, 0.15) is 36.1 Å². The second-order valence-electron chi connectivity index (χ2n) is 17.8. The van der Waals surface area contributed by atoms with Crippen molar-refractivity contribution in [3.05, 3.63) is 36.0 Å². The highest BCUT2D eigenvalue weighted by molar-refractivity contribution is 6.27. The molecule has 0 saturated carbocycles. The second kappa shape index (κ2) is 28.7. The number of carboxylic acids is 1. The molecule has 4 unspecified atom stereocenters. The summed E-state index contributed by atoms with van der Waals surface area (Å²) >= 11 is 5.68. The van der Waals surface area contributed by atoms with E-state index in [1.807, 2.05) is 25.1 Å². The molecule has 386 valence electrons. The second-order valence-corrected chi connectivity index (χ2v) is 18.0. The predicted octanol–water partition coefficient (Wildman–Crippen LogP) is 0.375. The van der Waals surface area contributed by atoms with E-state index in [4.69, 9.17) is 23.1 Å². The van der Waals surface area contributed by atoms with Crippen molar-refractivity contribution in [2.75, 3.05) is 25.5 Å². The molecule has 0 bridgehead atoms. The number of nitrogens with two attached hydrogens (primary N) is 2. The number of urea groups is 2. The van der Waals surface area contributed by atoms with Gasteiger partial charge in [0.2, 0.25) is 41.4 Å². The largest absolute Gasteiger partial charge is 0.481 e. The fraction of sp³-hybridized carbons (Fsp3) is 0.609. The first-order valence-corrected chi connectivity index (χ1v) is 24.5. The summed E-state index contributed by atoms with van der Waals surface area (Å²) in [5.41, 5.74) is 12.4. The van der Waals surface area contributed by atoms with Crippen LogP contribution >= 0.6 is 11.6 Å². The number of likely N-dealkylation sites (tertiary alicyclic amines) is 1. The number of aliphatic carboxylic acids is 1. The van der Waals surface area contributed by atoms with Crippen LogP contribution in [0.25, 0.3) is 10.9 Å². The number of aromatic nitrogens is 1. The van der Waals surface area contributed by atoms with Crippen molar-refractivity contribution in [3.8, 4) is 0 Å². The van der Waals surface area contributed by atoms with E-state index >= 15 is 0 Å². The Kier molecular flexibility index (Phi) is 23.0. The fourth-order valence-electron chi connectivity index (χ4n) is 8.62.